The van der Waals surface area contributed by atoms with Crippen LogP contribution in [0.4, 0.5) is 11.4 Å². The van der Waals surface area contributed by atoms with Gasteiger partial charge in [0.05, 0.1) is 4.92 Å². The minimum absolute atomic E-state index is 0.0491. The number of nitro groups is 1. The van der Waals surface area contributed by atoms with Crippen molar-refractivity contribution in [2.24, 2.45) is 0 Å². The monoisotopic (exact) mass is 374 g/mol. The molecule has 26 heavy (non-hydrogen) atoms. The normalized spacial score (nSPS) is 20.8. The number of rotatable bonds is 4. The quantitative estimate of drug-likeness (QED) is 0.604. The molecule has 0 N–H and O–H groups in total. The van der Waals surface area contributed by atoms with Gasteiger partial charge in [-0.1, -0.05) is 37.3 Å². The molecule has 138 valence electrons. The van der Waals surface area contributed by atoms with Crippen molar-refractivity contribution in [2.75, 3.05) is 24.2 Å². The maximum Gasteiger partial charge on any atom is 0.288 e. The van der Waals surface area contributed by atoms with Gasteiger partial charge in [0.2, 0.25) is 0 Å². The fourth-order valence-electron chi connectivity index (χ4n) is 3.68. The van der Waals surface area contributed by atoms with E-state index in [1.165, 1.54) is 17.7 Å². The lowest BCUT2D eigenvalue weighted by atomic mass is 9.76. The van der Waals surface area contributed by atoms with E-state index in [0.29, 0.717) is 5.69 Å². The minimum Gasteiger partial charge on any atom is -0.371 e. The summed E-state index contributed by atoms with van der Waals surface area (Å²) in [6, 6.07) is 14.6. The van der Waals surface area contributed by atoms with Crippen molar-refractivity contribution in [3.05, 3.63) is 64.2 Å². The highest BCUT2D eigenvalue weighted by Crippen LogP contribution is 2.37. The van der Waals surface area contributed by atoms with E-state index in [1.807, 2.05) is 18.2 Å². The highest BCUT2D eigenvalue weighted by Gasteiger charge is 2.33. The fourth-order valence-corrected chi connectivity index (χ4v) is 4.54. The van der Waals surface area contributed by atoms with Crippen LogP contribution in [0.5, 0.6) is 0 Å². The lowest BCUT2D eigenvalue weighted by Gasteiger charge is -2.42. The van der Waals surface area contributed by atoms with Gasteiger partial charge in [-0.25, -0.2) is 8.42 Å². The molecule has 1 heterocycles. The molecule has 1 unspecified atom stereocenters. The molecule has 1 aliphatic heterocycles. The molecule has 0 aliphatic carbocycles. The standard InChI is InChI=1S/C19H22N2O4S/c1-19(15-7-4-3-5-8-15)11-6-12-20(14-19)16-9-10-17(21(22)23)18(13-16)26(2,24)25/h3-5,7-10,13H,6,11-12,14H2,1-2H3. The second-order valence-electron chi connectivity index (χ2n) is 7.13. The van der Waals surface area contributed by atoms with Gasteiger partial charge in [-0.2, -0.15) is 0 Å². The van der Waals surface area contributed by atoms with Crippen LogP contribution in [0, 0.1) is 10.1 Å². The number of anilines is 1. The van der Waals surface area contributed by atoms with Crippen molar-refractivity contribution in [1.82, 2.24) is 0 Å². The number of sulfone groups is 1. The number of nitro benzene ring substituents is 1. The average Bonchev–Trinajstić information content (AvgIpc) is 2.61. The second kappa shape index (κ2) is 6.72. The highest BCUT2D eigenvalue weighted by molar-refractivity contribution is 7.90. The largest absolute Gasteiger partial charge is 0.371 e. The zero-order valence-electron chi connectivity index (χ0n) is 14.9. The van der Waals surface area contributed by atoms with E-state index in [2.05, 4.69) is 24.0 Å². The Morgan fingerprint density at radius 2 is 1.85 bits per heavy atom. The molecule has 0 bridgehead atoms. The molecule has 2 aromatic rings. The van der Waals surface area contributed by atoms with E-state index in [0.717, 1.165) is 32.2 Å². The molecule has 1 atom stereocenters. The van der Waals surface area contributed by atoms with E-state index < -0.39 is 14.8 Å². The smallest absolute Gasteiger partial charge is 0.288 e. The summed E-state index contributed by atoms with van der Waals surface area (Å²) in [5.74, 6) is 0. The van der Waals surface area contributed by atoms with Crippen molar-refractivity contribution >= 4 is 21.2 Å². The van der Waals surface area contributed by atoms with Crippen molar-refractivity contribution in [1.29, 1.82) is 0 Å². The van der Waals surface area contributed by atoms with Crippen molar-refractivity contribution in [3.63, 3.8) is 0 Å². The van der Waals surface area contributed by atoms with Crippen molar-refractivity contribution in [3.8, 4) is 0 Å². The molecule has 0 radical (unpaired) electrons. The van der Waals surface area contributed by atoms with Crippen LogP contribution in [-0.2, 0) is 15.3 Å². The molecule has 0 amide bonds. The lowest BCUT2D eigenvalue weighted by molar-refractivity contribution is -0.387. The Morgan fingerprint density at radius 3 is 2.46 bits per heavy atom. The number of nitrogens with zero attached hydrogens (tertiary/aromatic N) is 2. The fraction of sp³-hybridized carbons (Fsp3) is 0.368. The van der Waals surface area contributed by atoms with E-state index >= 15 is 0 Å². The summed E-state index contributed by atoms with van der Waals surface area (Å²) in [5.41, 5.74) is 1.53. The Bertz CT molecular complexity index is 928. The molecule has 0 spiro atoms. The molecule has 7 heteroatoms. The van der Waals surface area contributed by atoms with Gasteiger partial charge < -0.3 is 4.90 Å². The summed E-state index contributed by atoms with van der Waals surface area (Å²) in [4.78, 5) is 12.4. The van der Waals surface area contributed by atoms with Gasteiger partial charge in [0.25, 0.3) is 5.69 Å². The van der Waals surface area contributed by atoms with Gasteiger partial charge in [-0.3, -0.25) is 10.1 Å². The summed E-state index contributed by atoms with van der Waals surface area (Å²) < 4.78 is 24.0. The van der Waals surface area contributed by atoms with Crippen LogP contribution in [0.2, 0.25) is 0 Å². The molecular formula is C19H22N2O4S. The summed E-state index contributed by atoms with van der Waals surface area (Å²) in [6.07, 6.45) is 3.01. The van der Waals surface area contributed by atoms with Crippen LogP contribution in [0.25, 0.3) is 0 Å². The predicted octanol–water partition coefficient (Wildman–Crippen LogP) is 3.56. The Hall–Kier alpha value is -2.41. The van der Waals surface area contributed by atoms with E-state index in [1.54, 1.807) is 6.07 Å². The van der Waals surface area contributed by atoms with E-state index in [-0.39, 0.29) is 16.0 Å². The maximum absolute atomic E-state index is 12.0. The predicted molar refractivity (Wildman–Crippen MR) is 101 cm³/mol. The summed E-state index contributed by atoms with van der Waals surface area (Å²) >= 11 is 0. The highest BCUT2D eigenvalue weighted by atomic mass is 32.2. The second-order valence-corrected chi connectivity index (χ2v) is 9.12. The number of piperidine rings is 1. The van der Waals surface area contributed by atoms with Gasteiger partial charge in [0.1, 0.15) is 4.90 Å². The van der Waals surface area contributed by atoms with E-state index in [9.17, 15) is 18.5 Å². The third kappa shape index (κ3) is 3.58. The first-order valence-electron chi connectivity index (χ1n) is 8.50. The molecule has 0 saturated carbocycles. The number of hydrogen-bond acceptors (Lipinski definition) is 5. The third-order valence-corrected chi connectivity index (χ3v) is 6.20. The van der Waals surface area contributed by atoms with Gasteiger partial charge in [-0.05, 0) is 30.5 Å². The van der Waals surface area contributed by atoms with Gasteiger partial charge >= 0.3 is 0 Å². The van der Waals surface area contributed by atoms with Crippen LogP contribution in [0.1, 0.15) is 25.3 Å². The summed E-state index contributed by atoms with van der Waals surface area (Å²) in [5, 5.41) is 11.2. The molecule has 0 aromatic heterocycles. The molecule has 1 fully saturated rings. The molecule has 2 aromatic carbocycles. The Kier molecular flexibility index (Phi) is 4.75. The van der Waals surface area contributed by atoms with Crippen LogP contribution in [0.15, 0.2) is 53.4 Å². The first-order valence-corrected chi connectivity index (χ1v) is 10.4. The minimum atomic E-state index is -3.69. The summed E-state index contributed by atoms with van der Waals surface area (Å²) in [7, 11) is -3.69. The van der Waals surface area contributed by atoms with Gasteiger partial charge in [0, 0.05) is 36.5 Å². The molecule has 1 aliphatic rings. The Labute approximate surface area is 153 Å². The first-order chi connectivity index (χ1) is 12.2. The molecule has 6 nitrogen and oxygen atoms in total. The van der Waals surface area contributed by atoms with Crippen LogP contribution < -0.4 is 4.90 Å². The Morgan fingerprint density at radius 1 is 1.15 bits per heavy atom. The third-order valence-electron chi connectivity index (χ3n) is 5.07. The zero-order valence-corrected chi connectivity index (χ0v) is 15.7. The zero-order chi connectivity index (χ0) is 18.9. The molecular weight excluding hydrogens is 352 g/mol. The summed E-state index contributed by atoms with van der Waals surface area (Å²) in [6.45, 7) is 3.73. The van der Waals surface area contributed by atoms with Crippen LogP contribution in [0.3, 0.4) is 0 Å². The first kappa shape index (κ1) is 18.4. The van der Waals surface area contributed by atoms with Crippen molar-refractivity contribution < 1.29 is 13.3 Å². The SMILES string of the molecule is CC1(c2ccccc2)CCCN(c2ccc([N+](=O)[O-])c(S(C)(=O)=O)c2)C1. The van der Waals surface area contributed by atoms with E-state index in [4.69, 9.17) is 0 Å². The maximum atomic E-state index is 12.0. The Balaban J connectivity index is 1.98. The molecule has 3 rings (SSSR count). The van der Waals surface area contributed by atoms with Crippen molar-refractivity contribution in [2.45, 2.75) is 30.1 Å². The molecule has 1 saturated heterocycles. The topological polar surface area (TPSA) is 80.5 Å². The van der Waals surface area contributed by atoms with Gasteiger partial charge in [-0.15, -0.1) is 0 Å². The number of hydrogen-bond donors (Lipinski definition) is 0. The van der Waals surface area contributed by atoms with Crippen LogP contribution in [-0.4, -0.2) is 32.7 Å². The number of benzene rings is 2. The van der Waals surface area contributed by atoms with Crippen LogP contribution >= 0.6 is 0 Å². The van der Waals surface area contributed by atoms with Gasteiger partial charge in [0.15, 0.2) is 9.84 Å². The average molecular weight is 374 g/mol. The lowest BCUT2D eigenvalue weighted by Crippen LogP contribution is -2.44.